The Morgan fingerprint density at radius 1 is 1.14 bits per heavy atom. The van der Waals surface area contributed by atoms with E-state index in [-0.39, 0.29) is 17.2 Å². The highest BCUT2D eigenvalue weighted by Gasteiger charge is 2.51. The first-order valence-electron chi connectivity index (χ1n) is 10.7. The van der Waals surface area contributed by atoms with E-state index < -0.39 is 13.2 Å². The first-order chi connectivity index (χ1) is 13.7. The highest BCUT2D eigenvalue weighted by atomic mass is 16.7. The molecule has 0 spiro atoms. The molecule has 0 aromatic carbocycles. The lowest BCUT2D eigenvalue weighted by molar-refractivity contribution is 0.00578. The summed E-state index contributed by atoms with van der Waals surface area (Å²) < 4.78 is 12.3. The molecule has 29 heavy (non-hydrogen) atoms. The molecule has 1 aromatic heterocycles. The second kappa shape index (κ2) is 7.47. The minimum absolute atomic E-state index is 0.0262. The first-order valence-corrected chi connectivity index (χ1v) is 10.7. The van der Waals surface area contributed by atoms with E-state index in [0.717, 1.165) is 43.5 Å². The Bertz CT molecular complexity index is 739. The quantitative estimate of drug-likeness (QED) is 0.769. The maximum Gasteiger partial charge on any atom is 0.496 e. The molecule has 0 saturated carbocycles. The van der Waals surface area contributed by atoms with Crippen LogP contribution >= 0.6 is 0 Å². The van der Waals surface area contributed by atoms with Crippen LogP contribution in [-0.2, 0) is 9.31 Å². The molecule has 8 heteroatoms. The molecule has 0 radical (unpaired) electrons. The van der Waals surface area contributed by atoms with Crippen LogP contribution in [0.25, 0.3) is 0 Å². The highest BCUT2D eigenvalue weighted by Crippen LogP contribution is 2.36. The van der Waals surface area contributed by atoms with Crippen LogP contribution in [0.5, 0.6) is 0 Å². The number of hydrogen-bond acceptors (Lipinski definition) is 5. The second-order valence-electron chi connectivity index (χ2n) is 9.66. The normalized spacial score (nSPS) is 28.8. The van der Waals surface area contributed by atoms with Crippen molar-refractivity contribution in [3.8, 4) is 0 Å². The summed E-state index contributed by atoms with van der Waals surface area (Å²) in [4.78, 5) is 20.3. The SMILES string of the molecule is CC1(C)OB(c2ccc(N3CC4CCCC(C3)N(C(=O)O)CC4)nc2)OC1(C)C. The number of carbonyl (C=O) groups is 1. The van der Waals surface area contributed by atoms with Crippen LogP contribution in [-0.4, -0.2) is 65.1 Å². The van der Waals surface area contributed by atoms with Gasteiger partial charge in [-0.1, -0.05) is 12.5 Å². The molecule has 5 heterocycles. The molecular formula is C21H32BN3O4. The Morgan fingerprint density at radius 3 is 2.48 bits per heavy atom. The highest BCUT2D eigenvalue weighted by molar-refractivity contribution is 6.62. The van der Waals surface area contributed by atoms with Gasteiger partial charge >= 0.3 is 13.2 Å². The number of amides is 1. The fourth-order valence-electron chi connectivity index (χ4n) is 4.60. The van der Waals surface area contributed by atoms with Gasteiger partial charge in [-0.3, -0.25) is 0 Å². The number of pyridine rings is 1. The molecule has 4 saturated heterocycles. The topological polar surface area (TPSA) is 75.1 Å². The summed E-state index contributed by atoms with van der Waals surface area (Å²) in [5, 5.41) is 9.63. The maximum atomic E-state index is 11.7. The number of nitrogens with zero attached hydrogens (tertiary/aromatic N) is 3. The van der Waals surface area contributed by atoms with Crippen LogP contribution in [0.3, 0.4) is 0 Å². The number of fused-ring (bicyclic) bond motifs is 6. The zero-order valence-electron chi connectivity index (χ0n) is 17.9. The van der Waals surface area contributed by atoms with Crippen LogP contribution in [0, 0.1) is 5.92 Å². The summed E-state index contributed by atoms with van der Waals surface area (Å²) >= 11 is 0. The summed E-state index contributed by atoms with van der Waals surface area (Å²) in [5.74, 6) is 1.40. The Hall–Kier alpha value is -1.80. The van der Waals surface area contributed by atoms with Crippen LogP contribution < -0.4 is 10.4 Å². The average molecular weight is 401 g/mol. The lowest BCUT2D eigenvalue weighted by atomic mass is 9.80. The van der Waals surface area contributed by atoms with E-state index in [4.69, 9.17) is 14.3 Å². The third kappa shape index (κ3) is 3.97. The second-order valence-corrected chi connectivity index (χ2v) is 9.66. The predicted octanol–water partition coefficient (Wildman–Crippen LogP) is 2.74. The molecule has 4 aliphatic heterocycles. The van der Waals surface area contributed by atoms with Crippen molar-refractivity contribution < 1.29 is 19.2 Å². The summed E-state index contributed by atoms with van der Waals surface area (Å²) in [6.45, 7) is 10.5. The average Bonchev–Trinajstić information content (AvgIpc) is 2.81. The van der Waals surface area contributed by atoms with Crippen LogP contribution in [0.4, 0.5) is 10.6 Å². The van der Waals surface area contributed by atoms with Gasteiger partial charge in [-0.2, -0.15) is 0 Å². The molecule has 5 rings (SSSR count). The Morgan fingerprint density at radius 2 is 1.86 bits per heavy atom. The monoisotopic (exact) mass is 401 g/mol. The molecule has 7 nitrogen and oxygen atoms in total. The number of anilines is 1. The summed E-state index contributed by atoms with van der Waals surface area (Å²) in [6.07, 6.45) is 5.13. The molecule has 1 N–H and O–H groups in total. The third-order valence-corrected chi connectivity index (χ3v) is 7.14. The Kier molecular flexibility index (Phi) is 5.28. The summed E-state index contributed by atoms with van der Waals surface area (Å²) in [5.41, 5.74) is 0.153. The molecule has 1 amide bonds. The number of aromatic nitrogens is 1. The van der Waals surface area contributed by atoms with Gasteiger partial charge in [0.2, 0.25) is 0 Å². The molecule has 2 unspecified atom stereocenters. The molecule has 2 atom stereocenters. The summed E-state index contributed by atoms with van der Waals surface area (Å²) in [6, 6.07) is 4.06. The van der Waals surface area contributed by atoms with E-state index in [1.807, 2.05) is 46.0 Å². The van der Waals surface area contributed by atoms with Gasteiger partial charge in [-0.05, 0) is 58.9 Å². The summed E-state index contributed by atoms with van der Waals surface area (Å²) in [7, 11) is -0.421. The van der Waals surface area contributed by atoms with Gasteiger partial charge in [0.15, 0.2) is 0 Å². The Balaban J connectivity index is 1.52. The van der Waals surface area contributed by atoms with Gasteiger partial charge in [0, 0.05) is 31.3 Å². The fraction of sp³-hybridized carbons (Fsp3) is 0.714. The molecule has 2 bridgehead atoms. The van der Waals surface area contributed by atoms with Gasteiger partial charge in [-0.25, -0.2) is 9.78 Å². The van der Waals surface area contributed by atoms with E-state index in [1.54, 1.807) is 4.90 Å². The number of hydrogen-bond donors (Lipinski definition) is 1. The minimum Gasteiger partial charge on any atom is -0.465 e. The fourth-order valence-corrected chi connectivity index (χ4v) is 4.60. The van der Waals surface area contributed by atoms with E-state index in [2.05, 4.69) is 4.90 Å². The standard InChI is InChI=1S/C21H32BN3O4/c1-20(2)21(3,4)29-22(28-20)16-8-9-18(23-12-16)24-13-15-6-5-7-17(14-24)25(11-10-15)19(26)27/h8-9,12,15,17H,5-7,10-11,13-14H2,1-4H3,(H,26,27). The van der Waals surface area contributed by atoms with Crippen LogP contribution in [0.15, 0.2) is 18.3 Å². The van der Waals surface area contributed by atoms with E-state index in [0.29, 0.717) is 19.0 Å². The largest absolute Gasteiger partial charge is 0.496 e. The van der Waals surface area contributed by atoms with Crippen molar-refractivity contribution >= 4 is 24.5 Å². The lowest BCUT2D eigenvalue weighted by Crippen LogP contribution is -2.52. The van der Waals surface area contributed by atoms with Crippen LogP contribution in [0.1, 0.15) is 53.4 Å². The van der Waals surface area contributed by atoms with Gasteiger partial charge in [-0.15, -0.1) is 0 Å². The minimum atomic E-state index is -0.804. The molecule has 0 aliphatic carbocycles. The van der Waals surface area contributed by atoms with Crippen molar-refractivity contribution in [1.29, 1.82) is 0 Å². The van der Waals surface area contributed by atoms with E-state index >= 15 is 0 Å². The van der Waals surface area contributed by atoms with Crippen LogP contribution in [0.2, 0.25) is 0 Å². The number of carboxylic acid groups (broad SMARTS) is 1. The molecule has 158 valence electrons. The first kappa shape index (κ1) is 20.5. The molecule has 4 fully saturated rings. The van der Waals surface area contributed by atoms with Crippen molar-refractivity contribution in [1.82, 2.24) is 9.88 Å². The maximum absolute atomic E-state index is 11.7. The van der Waals surface area contributed by atoms with Crippen molar-refractivity contribution in [2.24, 2.45) is 5.92 Å². The lowest BCUT2D eigenvalue weighted by Gasteiger charge is -2.42. The van der Waals surface area contributed by atoms with Gasteiger partial charge in [0.25, 0.3) is 0 Å². The molecular weight excluding hydrogens is 369 g/mol. The Labute approximate surface area is 173 Å². The number of rotatable bonds is 2. The van der Waals surface area contributed by atoms with Gasteiger partial charge in [0.05, 0.1) is 17.2 Å². The van der Waals surface area contributed by atoms with Crippen molar-refractivity contribution in [3.05, 3.63) is 18.3 Å². The zero-order valence-corrected chi connectivity index (χ0v) is 17.9. The van der Waals surface area contributed by atoms with E-state index in [1.165, 1.54) is 0 Å². The molecule has 4 aliphatic rings. The van der Waals surface area contributed by atoms with E-state index in [9.17, 15) is 9.90 Å². The predicted molar refractivity (Wildman–Crippen MR) is 113 cm³/mol. The zero-order chi connectivity index (χ0) is 20.8. The smallest absolute Gasteiger partial charge is 0.465 e. The van der Waals surface area contributed by atoms with Crippen molar-refractivity contribution in [3.63, 3.8) is 0 Å². The molecule has 1 aromatic rings. The van der Waals surface area contributed by atoms with Gasteiger partial charge < -0.3 is 24.2 Å². The van der Waals surface area contributed by atoms with Gasteiger partial charge in [0.1, 0.15) is 5.82 Å². The third-order valence-electron chi connectivity index (χ3n) is 7.14. The van der Waals surface area contributed by atoms with Crippen molar-refractivity contribution in [2.75, 3.05) is 24.5 Å². The van der Waals surface area contributed by atoms with Crippen molar-refractivity contribution in [2.45, 2.75) is 70.6 Å².